The summed E-state index contributed by atoms with van der Waals surface area (Å²) in [6, 6.07) is 5.77. The smallest absolute Gasteiger partial charge is 0.251 e. The lowest BCUT2D eigenvalue weighted by atomic mass is 10.1. The van der Waals surface area contributed by atoms with Gasteiger partial charge in [0.05, 0.1) is 0 Å². The van der Waals surface area contributed by atoms with Gasteiger partial charge in [-0.3, -0.25) is 4.79 Å². The molecule has 2 aromatic heterocycles. The van der Waals surface area contributed by atoms with E-state index in [-0.39, 0.29) is 18.0 Å². The van der Waals surface area contributed by atoms with Crippen molar-refractivity contribution in [1.82, 2.24) is 14.6 Å². The van der Waals surface area contributed by atoms with Crippen molar-refractivity contribution in [2.75, 3.05) is 20.1 Å². The molecule has 1 aliphatic rings. The number of nitrogens with zero attached hydrogens (tertiary/aromatic N) is 1. The van der Waals surface area contributed by atoms with Gasteiger partial charge in [0.25, 0.3) is 5.56 Å². The number of likely N-dealkylation sites (tertiary alicyclic amines) is 1. The van der Waals surface area contributed by atoms with Crippen LogP contribution in [0.15, 0.2) is 27.2 Å². The SMILES string of the molecule is CCc1cc(-c2ccc(S(=O)(=O)NCCC3CCCN3C)s2)c(C)[nH]c1=O.Cl. The first-order valence-electron chi connectivity index (χ1n) is 9.34. The van der Waals surface area contributed by atoms with Crippen molar-refractivity contribution >= 4 is 33.8 Å². The molecule has 0 aliphatic carbocycles. The molecule has 6 nitrogen and oxygen atoms in total. The molecule has 0 aromatic carbocycles. The van der Waals surface area contributed by atoms with Gasteiger partial charge in [-0.2, -0.15) is 0 Å². The maximum absolute atomic E-state index is 12.6. The van der Waals surface area contributed by atoms with E-state index >= 15 is 0 Å². The maximum atomic E-state index is 12.6. The summed E-state index contributed by atoms with van der Waals surface area (Å²) in [7, 11) is -1.42. The first-order chi connectivity index (χ1) is 12.8. The molecule has 1 saturated heterocycles. The van der Waals surface area contributed by atoms with E-state index in [1.165, 1.54) is 17.8 Å². The highest BCUT2D eigenvalue weighted by Crippen LogP contribution is 2.32. The highest BCUT2D eigenvalue weighted by Gasteiger charge is 2.22. The van der Waals surface area contributed by atoms with Gasteiger partial charge in [-0.1, -0.05) is 6.92 Å². The number of aryl methyl sites for hydroxylation is 2. The first-order valence-corrected chi connectivity index (χ1v) is 11.6. The number of hydrogen-bond donors (Lipinski definition) is 2. The molecule has 1 atom stereocenters. The van der Waals surface area contributed by atoms with E-state index in [2.05, 4.69) is 21.7 Å². The third-order valence-corrected chi connectivity index (χ3v) is 8.32. The fourth-order valence-electron chi connectivity index (χ4n) is 3.57. The van der Waals surface area contributed by atoms with Gasteiger partial charge in [0.15, 0.2) is 0 Å². The van der Waals surface area contributed by atoms with E-state index in [1.54, 1.807) is 6.07 Å². The lowest BCUT2D eigenvalue weighted by molar-refractivity contribution is 0.297. The van der Waals surface area contributed by atoms with Crippen molar-refractivity contribution < 1.29 is 8.42 Å². The van der Waals surface area contributed by atoms with E-state index in [1.807, 2.05) is 26.0 Å². The molecule has 1 fully saturated rings. The summed E-state index contributed by atoms with van der Waals surface area (Å²) >= 11 is 1.23. The summed E-state index contributed by atoms with van der Waals surface area (Å²) < 4.78 is 28.3. The van der Waals surface area contributed by atoms with Crippen LogP contribution in [0, 0.1) is 6.92 Å². The topological polar surface area (TPSA) is 82.3 Å². The third kappa shape index (κ3) is 5.04. The summed E-state index contributed by atoms with van der Waals surface area (Å²) in [6.45, 7) is 5.30. The third-order valence-electron chi connectivity index (χ3n) is 5.25. The monoisotopic (exact) mass is 445 g/mol. The van der Waals surface area contributed by atoms with Crippen LogP contribution in [0.3, 0.4) is 0 Å². The fourth-order valence-corrected chi connectivity index (χ4v) is 6.04. The Hall–Kier alpha value is -1.19. The number of halogens is 1. The average molecular weight is 446 g/mol. The van der Waals surface area contributed by atoms with Crippen molar-refractivity contribution in [3.8, 4) is 10.4 Å². The Morgan fingerprint density at radius 3 is 2.75 bits per heavy atom. The van der Waals surface area contributed by atoms with E-state index in [0.29, 0.717) is 28.8 Å². The predicted molar refractivity (Wildman–Crippen MR) is 117 cm³/mol. The van der Waals surface area contributed by atoms with Crippen LogP contribution in [-0.2, 0) is 16.4 Å². The van der Waals surface area contributed by atoms with Gasteiger partial charge in [0.2, 0.25) is 10.0 Å². The number of thiophene rings is 1. The zero-order valence-electron chi connectivity index (χ0n) is 16.4. The van der Waals surface area contributed by atoms with Gasteiger partial charge in [-0.15, -0.1) is 23.7 Å². The van der Waals surface area contributed by atoms with Crippen LogP contribution in [0.1, 0.15) is 37.4 Å². The van der Waals surface area contributed by atoms with Crippen LogP contribution < -0.4 is 10.3 Å². The van der Waals surface area contributed by atoms with Crippen molar-refractivity contribution in [1.29, 1.82) is 0 Å². The molecule has 3 rings (SSSR count). The fraction of sp³-hybridized carbons (Fsp3) is 0.526. The van der Waals surface area contributed by atoms with Gasteiger partial charge in [-0.25, -0.2) is 13.1 Å². The molecule has 2 N–H and O–H groups in total. The Labute approximate surface area is 176 Å². The molecule has 1 unspecified atom stereocenters. The molecule has 28 heavy (non-hydrogen) atoms. The second-order valence-corrected chi connectivity index (χ2v) is 10.2. The average Bonchev–Trinajstić information content (AvgIpc) is 3.25. The van der Waals surface area contributed by atoms with Crippen molar-refractivity contribution in [3.05, 3.63) is 39.8 Å². The molecule has 0 spiro atoms. The molecular weight excluding hydrogens is 418 g/mol. The molecule has 2 aromatic rings. The Kier molecular flexibility index (Phi) is 7.87. The van der Waals surface area contributed by atoms with Crippen LogP contribution in [0.25, 0.3) is 10.4 Å². The van der Waals surface area contributed by atoms with Crippen LogP contribution in [0.4, 0.5) is 0 Å². The molecule has 156 valence electrons. The quantitative estimate of drug-likeness (QED) is 0.685. The lowest BCUT2D eigenvalue weighted by Crippen LogP contribution is -2.31. The Morgan fingerprint density at radius 1 is 1.36 bits per heavy atom. The Bertz CT molecular complexity index is 969. The zero-order valence-corrected chi connectivity index (χ0v) is 18.9. The summed E-state index contributed by atoms with van der Waals surface area (Å²) in [6.07, 6.45) is 3.77. The second-order valence-electron chi connectivity index (χ2n) is 7.10. The molecule has 1 aliphatic heterocycles. The first kappa shape index (κ1) is 23.1. The van der Waals surface area contributed by atoms with Crippen molar-refractivity contribution in [2.45, 2.75) is 49.8 Å². The van der Waals surface area contributed by atoms with Gasteiger partial charge in [-0.05, 0) is 64.4 Å². The minimum Gasteiger partial charge on any atom is -0.326 e. The molecule has 0 bridgehead atoms. The maximum Gasteiger partial charge on any atom is 0.251 e. The molecule has 0 saturated carbocycles. The highest BCUT2D eigenvalue weighted by molar-refractivity contribution is 7.91. The molecule has 0 radical (unpaired) electrons. The predicted octanol–water partition coefficient (Wildman–Crippen LogP) is 3.16. The number of H-pyrrole nitrogens is 1. The van der Waals surface area contributed by atoms with Crippen molar-refractivity contribution in [2.24, 2.45) is 0 Å². The minimum atomic E-state index is -3.52. The van der Waals surface area contributed by atoms with Gasteiger partial charge in [0, 0.05) is 34.3 Å². The van der Waals surface area contributed by atoms with Crippen LogP contribution in [0.5, 0.6) is 0 Å². The summed E-state index contributed by atoms with van der Waals surface area (Å²) in [5, 5.41) is 0. The van der Waals surface area contributed by atoms with E-state index in [4.69, 9.17) is 0 Å². The number of nitrogens with one attached hydrogen (secondary N) is 2. The van der Waals surface area contributed by atoms with Crippen LogP contribution >= 0.6 is 23.7 Å². The summed E-state index contributed by atoms with van der Waals surface area (Å²) in [4.78, 5) is 17.9. The molecule has 9 heteroatoms. The molecular formula is C19H28ClN3O3S2. The number of rotatable bonds is 7. The number of aromatic amines is 1. The van der Waals surface area contributed by atoms with E-state index in [9.17, 15) is 13.2 Å². The summed E-state index contributed by atoms with van der Waals surface area (Å²) in [5.41, 5.74) is 2.25. The summed E-state index contributed by atoms with van der Waals surface area (Å²) in [5.74, 6) is 0. The van der Waals surface area contributed by atoms with Crippen LogP contribution in [0.2, 0.25) is 0 Å². The van der Waals surface area contributed by atoms with E-state index in [0.717, 1.165) is 35.5 Å². The zero-order chi connectivity index (χ0) is 19.6. The lowest BCUT2D eigenvalue weighted by Gasteiger charge is -2.19. The van der Waals surface area contributed by atoms with Crippen molar-refractivity contribution in [3.63, 3.8) is 0 Å². The normalized spacial score (nSPS) is 17.6. The van der Waals surface area contributed by atoms with E-state index < -0.39 is 10.0 Å². The Balaban J connectivity index is 0.00000280. The minimum absolute atomic E-state index is 0. The highest BCUT2D eigenvalue weighted by atomic mass is 35.5. The number of sulfonamides is 1. The molecule has 0 amide bonds. The van der Waals surface area contributed by atoms with Gasteiger partial charge in [0.1, 0.15) is 4.21 Å². The Morgan fingerprint density at radius 2 is 2.11 bits per heavy atom. The second kappa shape index (κ2) is 9.54. The van der Waals surface area contributed by atoms with Crippen LogP contribution in [-0.4, -0.2) is 44.5 Å². The number of hydrogen-bond acceptors (Lipinski definition) is 5. The standard InChI is InChI=1S/C19H27N3O3S2.ClH/c1-4-14-12-16(13(2)21-19(14)23)17-7-8-18(26-17)27(24,25)20-10-9-15-6-5-11-22(15)3;/h7-8,12,15,20H,4-6,9-11H2,1-3H3,(H,21,23);1H. The number of aromatic nitrogens is 1. The molecule has 3 heterocycles. The largest absolute Gasteiger partial charge is 0.326 e. The number of pyridine rings is 1. The van der Waals surface area contributed by atoms with Gasteiger partial charge < -0.3 is 9.88 Å². The van der Waals surface area contributed by atoms with Gasteiger partial charge >= 0.3 is 0 Å².